The molecule has 0 bridgehead atoms. The number of hydrogen-bond acceptors (Lipinski definition) is 5. The van der Waals surface area contributed by atoms with E-state index in [1.54, 1.807) is 23.3 Å². The van der Waals surface area contributed by atoms with E-state index in [9.17, 15) is 8.42 Å². The second-order valence-corrected chi connectivity index (χ2v) is 7.64. The van der Waals surface area contributed by atoms with Crippen LogP contribution in [0.2, 0.25) is 0 Å². The molecule has 3 rings (SSSR count). The Bertz CT molecular complexity index is 771. The Hall–Kier alpha value is -1.80. The maximum absolute atomic E-state index is 11.8. The van der Waals surface area contributed by atoms with Gasteiger partial charge in [-0.3, -0.25) is 14.6 Å². The lowest BCUT2D eigenvalue weighted by atomic mass is 9.93. The summed E-state index contributed by atoms with van der Waals surface area (Å²) in [5, 5.41) is 4.18. The van der Waals surface area contributed by atoms with Gasteiger partial charge < -0.3 is 0 Å². The molecule has 1 fully saturated rings. The lowest BCUT2D eigenvalue weighted by molar-refractivity contribution is 0.314. The molecule has 1 saturated heterocycles. The molecule has 1 aliphatic heterocycles. The van der Waals surface area contributed by atoms with Gasteiger partial charge in [-0.1, -0.05) is 0 Å². The number of rotatable bonds is 3. The van der Waals surface area contributed by atoms with Gasteiger partial charge in [0.2, 0.25) is 10.0 Å². The van der Waals surface area contributed by atoms with Crippen molar-refractivity contribution in [2.45, 2.75) is 18.8 Å². The van der Waals surface area contributed by atoms with Crippen molar-refractivity contribution in [1.29, 1.82) is 0 Å². The van der Waals surface area contributed by atoms with Crippen molar-refractivity contribution < 1.29 is 8.42 Å². The van der Waals surface area contributed by atoms with Crippen LogP contribution in [0.3, 0.4) is 0 Å². The first-order valence-corrected chi connectivity index (χ1v) is 9.05. The largest absolute Gasteiger partial charge is 0.275 e. The summed E-state index contributed by atoms with van der Waals surface area (Å²) in [4.78, 5) is 8.92. The minimum atomic E-state index is -3.17. The van der Waals surface area contributed by atoms with Crippen LogP contribution in [0.15, 0.2) is 24.8 Å². The van der Waals surface area contributed by atoms with E-state index in [-0.39, 0.29) is 5.92 Å². The summed E-state index contributed by atoms with van der Waals surface area (Å²) in [5.41, 5.74) is 2.54. The average molecular weight is 321 g/mol. The van der Waals surface area contributed by atoms with Crippen LogP contribution in [0.5, 0.6) is 0 Å². The highest BCUT2D eigenvalue weighted by Gasteiger charge is 2.29. The van der Waals surface area contributed by atoms with Gasteiger partial charge in [-0.15, -0.1) is 0 Å². The number of aromatic nitrogens is 4. The zero-order chi connectivity index (χ0) is 15.7. The van der Waals surface area contributed by atoms with E-state index in [1.165, 1.54) is 10.6 Å². The first kappa shape index (κ1) is 15.1. The molecule has 3 heterocycles. The average Bonchev–Trinajstić information content (AvgIpc) is 2.93. The van der Waals surface area contributed by atoms with Gasteiger partial charge in [-0.2, -0.15) is 5.10 Å². The van der Waals surface area contributed by atoms with Crippen molar-refractivity contribution in [3.63, 3.8) is 0 Å². The summed E-state index contributed by atoms with van der Waals surface area (Å²) >= 11 is 0. The number of sulfonamides is 1. The molecule has 0 unspecified atom stereocenters. The minimum absolute atomic E-state index is 0.0624. The molecule has 0 radical (unpaired) electrons. The van der Waals surface area contributed by atoms with Crippen molar-refractivity contribution in [2.24, 2.45) is 7.05 Å². The molecule has 22 heavy (non-hydrogen) atoms. The van der Waals surface area contributed by atoms with Crippen molar-refractivity contribution in [2.75, 3.05) is 19.3 Å². The molecule has 0 N–H and O–H groups in total. The maximum atomic E-state index is 11.8. The van der Waals surface area contributed by atoms with Gasteiger partial charge in [0.25, 0.3) is 0 Å². The van der Waals surface area contributed by atoms with Gasteiger partial charge in [0.15, 0.2) is 0 Å². The van der Waals surface area contributed by atoms with Crippen LogP contribution < -0.4 is 0 Å². The molecular weight excluding hydrogens is 302 g/mol. The Balaban J connectivity index is 1.95. The SMILES string of the molecule is Cn1cc(-c2nccnc2[C@@H]2CCCN(S(C)(=O)=O)C2)cn1. The van der Waals surface area contributed by atoms with E-state index in [1.807, 2.05) is 13.2 Å². The van der Waals surface area contributed by atoms with Crippen LogP contribution in [-0.4, -0.2) is 51.8 Å². The number of aryl methyl sites for hydroxylation is 1. The fourth-order valence-corrected chi connectivity index (χ4v) is 3.79. The monoisotopic (exact) mass is 321 g/mol. The molecule has 2 aromatic rings. The summed E-state index contributed by atoms with van der Waals surface area (Å²) in [7, 11) is -1.32. The molecule has 0 aliphatic carbocycles. The number of hydrogen-bond donors (Lipinski definition) is 0. The van der Waals surface area contributed by atoms with Gasteiger partial charge in [-0.05, 0) is 12.8 Å². The van der Waals surface area contributed by atoms with E-state index in [2.05, 4.69) is 15.1 Å². The number of piperidine rings is 1. The first-order chi connectivity index (χ1) is 10.4. The third-order valence-corrected chi connectivity index (χ3v) is 5.21. The molecule has 0 spiro atoms. The molecule has 0 aromatic carbocycles. The lowest BCUT2D eigenvalue weighted by Crippen LogP contribution is -2.38. The summed E-state index contributed by atoms with van der Waals surface area (Å²) in [6, 6.07) is 0. The molecule has 1 atom stereocenters. The van der Waals surface area contributed by atoms with Gasteiger partial charge in [-0.25, -0.2) is 12.7 Å². The highest BCUT2D eigenvalue weighted by atomic mass is 32.2. The van der Waals surface area contributed by atoms with Gasteiger partial charge in [0.1, 0.15) is 0 Å². The minimum Gasteiger partial charge on any atom is -0.275 e. The zero-order valence-electron chi connectivity index (χ0n) is 12.7. The van der Waals surface area contributed by atoms with Gasteiger partial charge in [0, 0.05) is 50.2 Å². The molecule has 118 valence electrons. The Morgan fingerprint density at radius 1 is 1.27 bits per heavy atom. The summed E-state index contributed by atoms with van der Waals surface area (Å²) in [5.74, 6) is 0.0624. The highest BCUT2D eigenvalue weighted by molar-refractivity contribution is 7.88. The number of nitrogens with zero attached hydrogens (tertiary/aromatic N) is 5. The Morgan fingerprint density at radius 3 is 2.73 bits per heavy atom. The second-order valence-electron chi connectivity index (χ2n) is 5.65. The summed E-state index contributed by atoms with van der Waals surface area (Å²) in [6.07, 6.45) is 9.97. The zero-order valence-corrected chi connectivity index (χ0v) is 13.5. The molecule has 7 nitrogen and oxygen atoms in total. The van der Waals surface area contributed by atoms with E-state index >= 15 is 0 Å². The van der Waals surface area contributed by atoms with E-state index in [0.717, 1.165) is 29.8 Å². The Labute approximate surface area is 130 Å². The van der Waals surface area contributed by atoms with Crippen molar-refractivity contribution in [3.05, 3.63) is 30.5 Å². The summed E-state index contributed by atoms with van der Waals surface area (Å²) < 4.78 is 26.8. The Morgan fingerprint density at radius 2 is 2.05 bits per heavy atom. The standard InChI is InChI=1S/C14H19N5O2S/c1-18-9-12(8-17-18)14-13(15-5-6-16-14)11-4-3-7-19(10-11)22(2,20)21/h5-6,8-9,11H,3-4,7,10H2,1-2H3/t11-/m1/s1. The third kappa shape index (κ3) is 3.02. The molecule has 0 amide bonds. The topological polar surface area (TPSA) is 81.0 Å². The van der Waals surface area contributed by atoms with Crippen LogP contribution in [0.25, 0.3) is 11.3 Å². The molecule has 0 saturated carbocycles. The van der Waals surface area contributed by atoms with Crippen LogP contribution in [-0.2, 0) is 17.1 Å². The van der Waals surface area contributed by atoms with Crippen LogP contribution in [0.1, 0.15) is 24.5 Å². The molecule has 2 aromatic heterocycles. The second kappa shape index (κ2) is 5.77. The van der Waals surface area contributed by atoms with E-state index < -0.39 is 10.0 Å². The fraction of sp³-hybridized carbons (Fsp3) is 0.500. The van der Waals surface area contributed by atoms with Crippen molar-refractivity contribution >= 4 is 10.0 Å². The van der Waals surface area contributed by atoms with Gasteiger partial charge in [0.05, 0.1) is 23.8 Å². The fourth-order valence-electron chi connectivity index (χ4n) is 2.88. The lowest BCUT2D eigenvalue weighted by Gasteiger charge is -2.31. The van der Waals surface area contributed by atoms with E-state index in [0.29, 0.717) is 13.1 Å². The quantitative estimate of drug-likeness (QED) is 0.843. The molecule has 1 aliphatic rings. The maximum Gasteiger partial charge on any atom is 0.211 e. The van der Waals surface area contributed by atoms with Gasteiger partial charge >= 0.3 is 0 Å². The van der Waals surface area contributed by atoms with Crippen LogP contribution in [0, 0.1) is 0 Å². The van der Waals surface area contributed by atoms with Crippen LogP contribution >= 0.6 is 0 Å². The predicted octanol–water partition coefficient (Wildman–Crippen LogP) is 1.02. The highest BCUT2D eigenvalue weighted by Crippen LogP contribution is 2.32. The van der Waals surface area contributed by atoms with E-state index in [4.69, 9.17) is 0 Å². The van der Waals surface area contributed by atoms with Crippen molar-refractivity contribution in [3.8, 4) is 11.3 Å². The predicted molar refractivity (Wildman–Crippen MR) is 82.6 cm³/mol. The molecule has 8 heteroatoms. The molecular formula is C14H19N5O2S. The normalized spacial score (nSPS) is 20.2. The third-order valence-electron chi connectivity index (χ3n) is 3.94. The Kier molecular flexibility index (Phi) is 3.96. The van der Waals surface area contributed by atoms with Crippen LogP contribution in [0.4, 0.5) is 0 Å². The van der Waals surface area contributed by atoms with Crippen molar-refractivity contribution in [1.82, 2.24) is 24.1 Å². The first-order valence-electron chi connectivity index (χ1n) is 7.20. The summed E-state index contributed by atoms with van der Waals surface area (Å²) in [6.45, 7) is 1.04. The smallest absolute Gasteiger partial charge is 0.211 e.